The van der Waals surface area contributed by atoms with Gasteiger partial charge in [-0.2, -0.15) is 0 Å². The summed E-state index contributed by atoms with van der Waals surface area (Å²) in [7, 11) is 1.56. The van der Waals surface area contributed by atoms with Crippen molar-refractivity contribution in [3.63, 3.8) is 0 Å². The monoisotopic (exact) mass is 251 g/mol. The number of aliphatic hydroxyl groups is 1. The van der Waals surface area contributed by atoms with Crippen LogP contribution in [0.2, 0.25) is 0 Å². The summed E-state index contributed by atoms with van der Waals surface area (Å²) >= 11 is 0. The van der Waals surface area contributed by atoms with Crippen molar-refractivity contribution < 1.29 is 14.6 Å². The maximum absolute atomic E-state index is 11.7. The number of hydrogen-bond donors (Lipinski definition) is 2. The molecule has 0 radical (unpaired) electrons. The Hall–Kier alpha value is -1.39. The van der Waals surface area contributed by atoms with Crippen LogP contribution in [0.3, 0.4) is 0 Å². The van der Waals surface area contributed by atoms with Gasteiger partial charge >= 0.3 is 0 Å². The topological polar surface area (TPSA) is 58.6 Å². The molecule has 0 fully saturated rings. The van der Waals surface area contributed by atoms with E-state index in [9.17, 15) is 9.90 Å². The van der Waals surface area contributed by atoms with Crippen molar-refractivity contribution >= 4 is 5.91 Å². The number of nitrogens with one attached hydrogen (secondary N) is 1. The molecule has 18 heavy (non-hydrogen) atoms. The molecule has 1 amide bonds. The van der Waals surface area contributed by atoms with Crippen LogP contribution < -0.4 is 5.32 Å². The molecule has 0 spiro atoms. The van der Waals surface area contributed by atoms with Gasteiger partial charge in [-0.15, -0.1) is 0 Å². The molecule has 0 aromatic heterocycles. The van der Waals surface area contributed by atoms with Crippen molar-refractivity contribution in [2.24, 2.45) is 5.92 Å². The van der Waals surface area contributed by atoms with E-state index >= 15 is 0 Å². The maximum Gasteiger partial charge on any atom is 0.225 e. The first-order valence-electron chi connectivity index (χ1n) is 6.06. The smallest absolute Gasteiger partial charge is 0.225 e. The molecule has 1 rings (SSSR count). The van der Waals surface area contributed by atoms with Gasteiger partial charge < -0.3 is 15.2 Å². The summed E-state index contributed by atoms with van der Waals surface area (Å²) in [6, 6.07) is 7.60. The van der Waals surface area contributed by atoms with Crippen molar-refractivity contribution in [1.82, 2.24) is 5.32 Å². The largest absolute Gasteiger partial charge is 0.387 e. The number of carbonyl (C=O) groups is 1. The average molecular weight is 251 g/mol. The van der Waals surface area contributed by atoms with E-state index < -0.39 is 6.10 Å². The van der Waals surface area contributed by atoms with Crippen LogP contribution in [0.1, 0.15) is 24.2 Å². The van der Waals surface area contributed by atoms with Crippen LogP contribution in [-0.4, -0.2) is 31.3 Å². The molecule has 2 unspecified atom stereocenters. The van der Waals surface area contributed by atoms with Gasteiger partial charge in [0.1, 0.15) is 0 Å². The lowest BCUT2D eigenvalue weighted by Gasteiger charge is -2.16. The van der Waals surface area contributed by atoms with Crippen LogP contribution in [0.15, 0.2) is 24.3 Å². The third-order valence-electron chi connectivity index (χ3n) is 2.88. The van der Waals surface area contributed by atoms with E-state index in [-0.39, 0.29) is 18.4 Å². The number of benzene rings is 1. The third kappa shape index (κ3) is 4.13. The van der Waals surface area contributed by atoms with E-state index in [1.165, 1.54) is 0 Å². The minimum Gasteiger partial charge on any atom is -0.387 e. The van der Waals surface area contributed by atoms with Gasteiger partial charge in [-0.1, -0.05) is 31.2 Å². The minimum absolute atomic E-state index is 0.107. The molecular weight excluding hydrogens is 230 g/mol. The normalized spacial score (nSPS) is 14.0. The predicted octanol–water partition coefficient (Wildman–Crippen LogP) is 1.43. The second-order valence-corrected chi connectivity index (χ2v) is 4.47. The number of hydrogen-bond acceptors (Lipinski definition) is 3. The molecule has 0 saturated carbocycles. The molecule has 0 aliphatic carbocycles. The molecule has 1 aromatic rings. The lowest BCUT2D eigenvalue weighted by Crippen LogP contribution is -2.34. The molecule has 2 atom stereocenters. The first-order chi connectivity index (χ1) is 8.56. The second kappa shape index (κ2) is 7.13. The van der Waals surface area contributed by atoms with Gasteiger partial charge in [-0.25, -0.2) is 0 Å². The highest BCUT2D eigenvalue weighted by Gasteiger charge is 2.15. The molecule has 0 aliphatic rings. The molecule has 0 bridgehead atoms. The zero-order valence-electron chi connectivity index (χ0n) is 11.1. The maximum atomic E-state index is 11.7. The van der Waals surface area contributed by atoms with E-state index in [1.54, 1.807) is 14.0 Å². The fourth-order valence-electron chi connectivity index (χ4n) is 1.77. The number of aryl methyl sites for hydroxylation is 1. The Balaban J connectivity index is 2.49. The number of aliphatic hydroxyl groups excluding tert-OH is 1. The number of ether oxygens (including phenoxy) is 1. The summed E-state index contributed by atoms with van der Waals surface area (Å²) in [6.07, 6.45) is -0.676. The van der Waals surface area contributed by atoms with Gasteiger partial charge in [0, 0.05) is 13.7 Å². The Morgan fingerprint density at radius 2 is 2.11 bits per heavy atom. The summed E-state index contributed by atoms with van der Waals surface area (Å²) < 4.78 is 4.91. The predicted molar refractivity (Wildman–Crippen MR) is 70.2 cm³/mol. The fraction of sp³-hybridized carbons (Fsp3) is 0.500. The summed E-state index contributed by atoms with van der Waals surface area (Å²) in [5, 5.41) is 12.7. The molecule has 0 saturated heterocycles. The molecule has 100 valence electrons. The Labute approximate surface area is 108 Å². The lowest BCUT2D eigenvalue weighted by molar-refractivity contribution is -0.126. The van der Waals surface area contributed by atoms with E-state index in [4.69, 9.17) is 4.74 Å². The Morgan fingerprint density at radius 1 is 1.44 bits per heavy atom. The Morgan fingerprint density at radius 3 is 2.72 bits per heavy atom. The van der Waals surface area contributed by atoms with Crippen LogP contribution in [0.25, 0.3) is 0 Å². The van der Waals surface area contributed by atoms with Crippen LogP contribution in [0, 0.1) is 12.8 Å². The minimum atomic E-state index is -0.676. The Kier molecular flexibility index (Phi) is 5.82. The van der Waals surface area contributed by atoms with E-state index in [2.05, 4.69) is 5.32 Å². The molecule has 4 nitrogen and oxygen atoms in total. The molecule has 1 aromatic carbocycles. The van der Waals surface area contributed by atoms with Gasteiger partial charge in [-0.05, 0) is 18.1 Å². The quantitative estimate of drug-likeness (QED) is 0.804. The van der Waals surface area contributed by atoms with Crippen LogP contribution in [0.4, 0.5) is 0 Å². The zero-order valence-corrected chi connectivity index (χ0v) is 11.1. The third-order valence-corrected chi connectivity index (χ3v) is 2.88. The summed E-state index contributed by atoms with van der Waals surface area (Å²) in [5.41, 5.74) is 1.86. The number of carbonyl (C=O) groups excluding carboxylic acids is 1. The molecule has 4 heteroatoms. The molecule has 2 N–H and O–H groups in total. The first-order valence-corrected chi connectivity index (χ1v) is 6.06. The Bertz CT molecular complexity index is 392. The van der Waals surface area contributed by atoms with Gasteiger partial charge in [0.05, 0.1) is 18.6 Å². The van der Waals surface area contributed by atoms with Gasteiger partial charge in [0.25, 0.3) is 0 Å². The van der Waals surface area contributed by atoms with Crippen LogP contribution in [-0.2, 0) is 9.53 Å². The number of methoxy groups -OCH3 is 1. The van der Waals surface area contributed by atoms with E-state index in [1.807, 2.05) is 31.2 Å². The van der Waals surface area contributed by atoms with Crippen molar-refractivity contribution in [2.45, 2.75) is 20.0 Å². The SMILES string of the molecule is COCC(C)C(=O)NCC(O)c1ccccc1C. The van der Waals surface area contributed by atoms with Crippen LogP contribution in [0.5, 0.6) is 0 Å². The molecular formula is C14H21NO3. The second-order valence-electron chi connectivity index (χ2n) is 4.47. The van der Waals surface area contributed by atoms with Crippen molar-refractivity contribution in [3.05, 3.63) is 35.4 Å². The molecule has 0 aliphatic heterocycles. The van der Waals surface area contributed by atoms with E-state index in [0.29, 0.717) is 6.61 Å². The highest BCUT2D eigenvalue weighted by molar-refractivity contribution is 5.78. The van der Waals surface area contributed by atoms with Gasteiger partial charge in [0.15, 0.2) is 0 Å². The van der Waals surface area contributed by atoms with Crippen molar-refractivity contribution in [2.75, 3.05) is 20.3 Å². The summed E-state index contributed by atoms with van der Waals surface area (Å²) in [5.74, 6) is -0.316. The highest BCUT2D eigenvalue weighted by Crippen LogP contribution is 2.16. The first kappa shape index (κ1) is 14.7. The average Bonchev–Trinajstić information content (AvgIpc) is 2.36. The zero-order chi connectivity index (χ0) is 13.5. The molecule has 0 heterocycles. The summed E-state index contributed by atoms with van der Waals surface area (Å²) in [6.45, 7) is 4.33. The van der Waals surface area contributed by atoms with Crippen molar-refractivity contribution in [1.29, 1.82) is 0 Å². The van der Waals surface area contributed by atoms with Crippen LogP contribution >= 0.6 is 0 Å². The van der Waals surface area contributed by atoms with E-state index in [0.717, 1.165) is 11.1 Å². The number of amides is 1. The standard InChI is InChI=1S/C14H21NO3/c1-10-6-4-5-7-12(10)13(16)8-15-14(17)11(2)9-18-3/h4-7,11,13,16H,8-9H2,1-3H3,(H,15,17). The lowest BCUT2D eigenvalue weighted by atomic mass is 10.0. The number of rotatable bonds is 6. The van der Waals surface area contributed by atoms with Crippen molar-refractivity contribution in [3.8, 4) is 0 Å². The fourth-order valence-corrected chi connectivity index (χ4v) is 1.77. The highest BCUT2D eigenvalue weighted by atomic mass is 16.5. The van der Waals surface area contributed by atoms with Gasteiger partial charge in [-0.3, -0.25) is 4.79 Å². The van der Waals surface area contributed by atoms with Gasteiger partial charge in [0.2, 0.25) is 5.91 Å². The summed E-state index contributed by atoms with van der Waals surface area (Å²) in [4.78, 5) is 11.7.